The Hall–Kier alpha value is -1.16. The molecule has 1 aromatic rings. The summed E-state index contributed by atoms with van der Waals surface area (Å²) in [6.45, 7) is -0.572. The van der Waals surface area contributed by atoms with Crippen LogP contribution in [-0.2, 0) is 0 Å². The molecule has 0 saturated carbocycles. The van der Waals surface area contributed by atoms with Gasteiger partial charge in [-0.25, -0.2) is 0 Å². The quantitative estimate of drug-likeness (QED) is 0.617. The van der Waals surface area contributed by atoms with Crippen molar-refractivity contribution in [3.8, 4) is 5.75 Å². The summed E-state index contributed by atoms with van der Waals surface area (Å²) in [5, 5.41) is 3.25. The Balaban J connectivity index is 2.51. The van der Waals surface area contributed by atoms with Crippen LogP contribution in [0, 0.1) is 0 Å². The number of halogens is 2. The zero-order valence-electron chi connectivity index (χ0n) is 12.4. The van der Waals surface area contributed by atoms with Crippen LogP contribution in [0.15, 0.2) is 24.3 Å². The average Bonchev–Trinajstić information content (AvgIpc) is 2.42. The topological polar surface area (TPSA) is 21.3 Å². The average molecular weight is 285 g/mol. The van der Waals surface area contributed by atoms with Crippen molar-refractivity contribution >= 4 is 0 Å². The lowest BCUT2D eigenvalue weighted by Gasteiger charge is -2.17. The van der Waals surface area contributed by atoms with E-state index >= 15 is 0 Å². The number of hydrogen-bond donors (Lipinski definition) is 1. The predicted octanol–water partition coefficient (Wildman–Crippen LogP) is 4.91. The van der Waals surface area contributed by atoms with Crippen LogP contribution in [0.2, 0.25) is 0 Å². The van der Waals surface area contributed by atoms with Crippen LogP contribution in [0.1, 0.15) is 57.1 Å². The monoisotopic (exact) mass is 285 g/mol. The standard InChI is InChI=1S/C16H25F2NO/c1-3-4-5-6-7-11-15(19-2)13-9-8-10-14(12-13)20-16(17)18/h8-10,12,15-16,19H,3-7,11H2,1-2H3. The van der Waals surface area contributed by atoms with Crippen LogP contribution in [0.3, 0.4) is 0 Å². The molecule has 1 atom stereocenters. The highest BCUT2D eigenvalue weighted by atomic mass is 19.3. The minimum absolute atomic E-state index is 0.192. The van der Waals surface area contributed by atoms with E-state index in [0.29, 0.717) is 0 Å². The summed E-state index contributed by atoms with van der Waals surface area (Å²) in [7, 11) is 1.90. The number of unbranched alkanes of at least 4 members (excludes halogenated alkanes) is 4. The molecule has 114 valence electrons. The third-order valence-electron chi connectivity index (χ3n) is 3.43. The van der Waals surface area contributed by atoms with Crippen molar-refractivity contribution in [2.45, 2.75) is 58.1 Å². The van der Waals surface area contributed by atoms with Crippen LogP contribution in [0.5, 0.6) is 5.75 Å². The molecule has 0 bridgehead atoms. The maximum atomic E-state index is 12.2. The zero-order chi connectivity index (χ0) is 14.8. The molecular formula is C16H25F2NO. The van der Waals surface area contributed by atoms with Crippen molar-refractivity contribution in [1.82, 2.24) is 5.32 Å². The molecule has 0 saturated heterocycles. The lowest BCUT2D eigenvalue weighted by atomic mass is 10.00. The molecule has 0 amide bonds. The first-order chi connectivity index (χ1) is 9.67. The number of benzene rings is 1. The van der Waals surface area contributed by atoms with Crippen molar-refractivity contribution in [3.05, 3.63) is 29.8 Å². The van der Waals surface area contributed by atoms with Gasteiger partial charge in [0.1, 0.15) is 5.75 Å². The molecule has 1 rings (SSSR count). The fraction of sp³-hybridized carbons (Fsp3) is 0.625. The highest BCUT2D eigenvalue weighted by molar-refractivity contribution is 5.30. The van der Waals surface area contributed by atoms with E-state index < -0.39 is 6.61 Å². The third kappa shape index (κ3) is 6.33. The highest BCUT2D eigenvalue weighted by Gasteiger charge is 2.11. The first-order valence-electron chi connectivity index (χ1n) is 7.39. The molecular weight excluding hydrogens is 260 g/mol. The van der Waals surface area contributed by atoms with Gasteiger partial charge in [0.25, 0.3) is 0 Å². The Labute approximate surface area is 120 Å². The Morgan fingerprint density at radius 3 is 2.55 bits per heavy atom. The molecule has 20 heavy (non-hydrogen) atoms. The summed E-state index contributed by atoms with van der Waals surface area (Å²) in [5.41, 5.74) is 1.00. The first-order valence-corrected chi connectivity index (χ1v) is 7.39. The van der Waals surface area contributed by atoms with Crippen molar-refractivity contribution < 1.29 is 13.5 Å². The van der Waals surface area contributed by atoms with Crippen LogP contribution in [0.25, 0.3) is 0 Å². The SMILES string of the molecule is CCCCCCCC(NC)c1cccc(OC(F)F)c1. The van der Waals surface area contributed by atoms with Gasteiger partial charge in [-0.05, 0) is 31.2 Å². The molecule has 1 N–H and O–H groups in total. The number of ether oxygens (including phenoxy) is 1. The van der Waals surface area contributed by atoms with Crippen molar-refractivity contribution in [2.24, 2.45) is 0 Å². The maximum absolute atomic E-state index is 12.2. The largest absolute Gasteiger partial charge is 0.435 e. The molecule has 2 nitrogen and oxygen atoms in total. The lowest BCUT2D eigenvalue weighted by Crippen LogP contribution is -2.16. The summed E-state index contributed by atoms with van der Waals surface area (Å²) < 4.78 is 28.9. The van der Waals surface area contributed by atoms with E-state index in [-0.39, 0.29) is 11.8 Å². The van der Waals surface area contributed by atoms with E-state index in [4.69, 9.17) is 0 Å². The summed E-state index contributed by atoms with van der Waals surface area (Å²) >= 11 is 0. The summed E-state index contributed by atoms with van der Waals surface area (Å²) in [6.07, 6.45) is 7.16. The van der Waals surface area contributed by atoms with Crippen LogP contribution >= 0.6 is 0 Å². The van der Waals surface area contributed by atoms with Gasteiger partial charge in [-0.3, -0.25) is 0 Å². The lowest BCUT2D eigenvalue weighted by molar-refractivity contribution is -0.0499. The number of rotatable bonds is 10. The van der Waals surface area contributed by atoms with Crippen LogP contribution in [-0.4, -0.2) is 13.7 Å². The van der Waals surface area contributed by atoms with Gasteiger partial charge in [-0.1, -0.05) is 51.2 Å². The number of nitrogens with one attached hydrogen (secondary N) is 1. The Kier molecular flexibility index (Phi) is 8.19. The van der Waals surface area contributed by atoms with Gasteiger partial charge in [-0.2, -0.15) is 8.78 Å². The molecule has 0 aliphatic heterocycles. The third-order valence-corrected chi connectivity index (χ3v) is 3.43. The molecule has 4 heteroatoms. The summed E-state index contributed by atoms with van der Waals surface area (Å²) in [4.78, 5) is 0. The highest BCUT2D eigenvalue weighted by Crippen LogP contribution is 2.24. The Morgan fingerprint density at radius 1 is 1.15 bits per heavy atom. The van der Waals surface area contributed by atoms with Crippen molar-refractivity contribution in [2.75, 3.05) is 7.05 Å². The second-order valence-corrected chi connectivity index (χ2v) is 5.00. The maximum Gasteiger partial charge on any atom is 0.387 e. The minimum Gasteiger partial charge on any atom is -0.435 e. The van der Waals surface area contributed by atoms with E-state index in [1.807, 2.05) is 13.1 Å². The summed E-state index contributed by atoms with van der Waals surface area (Å²) in [6, 6.07) is 7.15. The molecule has 1 aromatic carbocycles. The van der Waals surface area contributed by atoms with E-state index in [1.165, 1.54) is 25.7 Å². The molecule has 0 spiro atoms. The molecule has 0 heterocycles. The van der Waals surface area contributed by atoms with E-state index in [9.17, 15) is 8.78 Å². The van der Waals surface area contributed by atoms with E-state index in [1.54, 1.807) is 18.2 Å². The van der Waals surface area contributed by atoms with Gasteiger partial charge in [0.2, 0.25) is 0 Å². The fourth-order valence-corrected chi connectivity index (χ4v) is 2.34. The van der Waals surface area contributed by atoms with Gasteiger partial charge in [0.15, 0.2) is 0 Å². The van der Waals surface area contributed by atoms with E-state index in [2.05, 4.69) is 17.0 Å². The zero-order valence-corrected chi connectivity index (χ0v) is 12.4. The van der Waals surface area contributed by atoms with E-state index in [0.717, 1.165) is 18.4 Å². The second kappa shape index (κ2) is 9.70. The molecule has 0 radical (unpaired) electrons. The van der Waals surface area contributed by atoms with Crippen molar-refractivity contribution in [3.63, 3.8) is 0 Å². The second-order valence-electron chi connectivity index (χ2n) is 5.00. The van der Waals surface area contributed by atoms with Gasteiger partial charge in [0.05, 0.1) is 0 Å². The normalized spacial score (nSPS) is 12.7. The van der Waals surface area contributed by atoms with Gasteiger partial charge < -0.3 is 10.1 Å². The Morgan fingerprint density at radius 2 is 1.90 bits per heavy atom. The smallest absolute Gasteiger partial charge is 0.387 e. The van der Waals surface area contributed by atoms with Crippen molar-refractivity contribution in [1.29, 1.82) is 0 Å². The van der Waals surface area contributed by atoms with Crippen LogP contribution < -0.4 is 10.1 Å². The van der Waals surface area contributed by atoms with Crippen LogP contribution in [0.4, 0.5) is 8.78 Å². The molecule has 0 fully saturated rings. The fourth-order valence-electron chi connectivity index (χ4n) is 2.34. The molecule has 0 aromatic heterocycles. The number of alkyl halides is 2. The Bertz CT molecular complexity index is 371. The predicted molar refractivity (Wildman–Crippen MR) is 78.3 cm³/mol. The summed E-state index contributed by atoms with van der Waals surface area (Å²) in [5.74, 6) is 0.226. The number of hydrogen-bond acceptors (Lipinski definition) is 2. The molecule has 0 aliphatic carbocycles. The van der Waals surface area contributed by atoms with Gasteiger partial charge >= 0.3 is 6.61 Å². The minimum atomic E-state index is -2.77. The molecule has 0 aliphatic rings. The first kappa shape index (κ1) is 16.9. The molecule has 1 unspecified atom stereocenters. The van der Waals surface area contributed by atoms with Gasteiger partial charge in [-0.15, -0.1) is 0 Å². The van der Waals surface area contributed by atoms with Gasteiger partial charge in [0, 0.05) is 6.04 Å².